The van der Waals surface area contributed by atoms with Crippen molar-refractivity contribution in [3.05, 3.63) is 65.9 Å². The molecule has 2 N–H and O–H groups in total. The molecule has 2 amide bonds. The number of carbonyl (C=O) groups excluding carboxylic acids is 1. The van der Waals surface area contributed by atoms with Crippen molar-refractivity contribution in [2.75, 3.05) is 25.0 Å². The highest BCUT2D eigenvalue weighted by Gasteiger charge is 2.44. The number of aromatic nitrogens is 4. The van der Waals surface area contributed by atoms with E-state index in [2.05, 4.69) is 20.6 Å². The molecule has 0 saturated carbocycles. The standard InChI is InChI=1S/C25H24F3N7O/c1-33-21(7-8-29-33)23-17-9-16-11-35(24(36)30-19(16)10-20(17)31-32-23)22-13-34(14-25(26,27)28)12-18(22)15-5-3-2-4-6-15/h2-10,18,22H,11-14H2,1H3,(H,30,36)(H,31,32)/t18?,22-/m1/s1. The number of benzene rings is 2. The van der Waals surface area contributed by atoms with Crippen molar-refractivity contribution in [3.8, 4) is 11.4 Å². The number of fused-ring (bicyclic) bond motifs is 2. The molecular formula is C25H24F3N7O. The fourth-order valence-corrected chi connectivity index (χ4v) is 5.46. The number of halogens is 3. The van der Waals surface area contributed by atoms with Crippen LogP contribution in [0.15, 0.2) is 54.7 Å². The van der Waals surface area contributed by atoms with Crippen LogP contribution in [0.4, 0.5) is 23.7 Å². The zero-order valence-corrected chi connectivity index (χ0v) is 19.5. The van der Waals surface area contributed by atoms with Crippen LogP contribution in [-0.4, -0.2) is 67.7 Å². The fraction of sp³-hybridized carbons (Fsp3) is 0.320. The Balaban J connectivity index is 1.35. The smallest absolute Gasteiger partial charge is 0.315 e. The first-order valence-electron chi connectivity index (χ1n) is 11.7. The molecule has 0 aliphatic carbocycles. The lowest BCUT2D eigenvalue weighted by molar-refractivity contribution is -0.143. The molecule has 36 heavy (non-hydrogen) atoms. The van der Waals surface area contributed by atoms with Crippen molar-refractivity contribution in [1.29, 1.82) is 0 Å². The second kappa shape index (κ2) is 8.37. The number of rotatable bonds is 4. The molecule has 8 nitrogen and oxygen atoms in total. The molecule has 6 rings (SSSR count). The van der Waals surface area contributed by atoms with Gasteiger partial charge in [-0.3, -0.25) is 14.7 Å². The lowest BCUT2D eigenvalue weighted by atomic mass is 9.92. The summed E-state index contributed by atoms with van der Waals surface area (Å²) in [6, 6.07) is 14.5. The molecule has 4 heterocycles. The Morgan fingerprint density at radius 2 is 1.92 bits per heavy atom. The number of aromatic amines is 1. The van der Waals surface area contributed by atoms with E-state index in [1.807, 2.05) is 55.6 Å². The van der Waals surface area contributed by atoms with Gasteiger partial charge in [-0.2, -0.15) is 23.4 Å². The maximum atomic E-state index is 13.2. The summed E-state index contributed by atoms with van der Waals surface area (Å²) in [5.74, 6) is -0.233. The average molecular weight is 496 g/mol. The van der Waals surface area contributed by atoms with E-state index in [1.165, 1.54) is 4.90 Å². The molecule has 0 spiro atoms. The number of hydrogen-bond donors (Lipinski definition) is 2. The number of hydrogen-bond acceptors (Lipinski definition) is 4. The third-order valence-corrected chi connectivity index (χ3v) is 7.09. The lowest BCUT2D eigenvalue weighted by Crippen LogP contribution is -2.48. The van der Waals surface area contributed by atoms with Gasteiger partial charge in [-0.25, -0.2) is 4.79 Å². The highest BCUT2D eigenvalue weighted by atomic mass is 19.4. The number of urea groups is 1. The molecule has 2 atom stereocenters. The summed E-state index contributed by atoms with van der Waals surface area (Å²) in [7, 11) is 1.84. The third kappa shape index (κ3) is 3.98. The molecule has 2 aromatic heterocycles. The van der Waals surface area contributed by atoms with Gasteiger partial charge in [-0.15, -0.1) is 0 Å². The Labute approximate surface area is 204 Å². The summed E-state index contributed by atoms with van der Waals surface area (Å²) < 4.78 is 41.4. The van der Waals surface area contributed by atoms with Gasteiger partial charge in [-0.1, -0.05) is 30.3 Å². The van der Waals surface area contributed by atoms with Gasteiger partial charge in [0.25, 0.3) is 0 Å². The quantitative estimate of drug-likeness (QED) is 0.441. The van der Waals surface area contributed by atoms with Crippen LogP contribution in [0.1, 0.15) is 17.0 Å². The molecule has 11 heteroatoms. The Bertz CT molecular complexity index is 1430. The molecular weight excluding hydrogens is 471 g/mol. The Morgan fingerprint density at radius 1 is 1.11 bits per heavy atom. The number of nitrogens with one attached hydrogen (secondary N) is 2. The molecule has 1 saturated heterocycles. The first-order valence-corrected chi connectivity index (χ1v) is 11.7. The highest BCUT2D eigenvalue weighted by molar-refractivity contribution is 5.99. The van der Waals surface area contributed by atoms with Gasteiger partial charge in [0.1, 0.15) is 5.69 Å². The first-order chi connectivity index (χ1) is 17.3. The summed E-state index contributed by atoms with van der Waals surface area (Å²) in [5.41, 5.74) is 4.85. The van der Waals surface area contributed by atoms with Gasteiger partial charge in [-0.05, 0) is 29.3 Å². The van der Waals surface area contributed by atoms with E-state index in [4.69, 9.17) is 0 Å². The SMILES string of the molecule is Cn1nccc1-c1n[nH]c2cc3c(cc12)CN([C@@H]1CN(CC(F)(F)F)CC1c1ccccc1)C(=O)N3. The molecule has 1 fully saturated rings. The number of alkyl halides is 3. The van der Waals surface area contributed by atoms with Crippen LogP contribution in [0, 0.1) is 0 Å². The zero-order valence-electron chi connectivity index (χ0n) is 19.5. The fourth-order valence-electron chi connectivity index (χ4n) is 5.46. The number of anilines is 1. The Hall–Kier alpha value is -3.86. The van der Waals surface area contributed by atoms with Crippen molar-refractivity contribution in [2.24, 2.45) is 7.05 Å². The molecule has 2 aliphatic rings. The molecule has 0 radical (unpaired) electrons. The monoisotopic (exact) mass is 495 g/mol. The summed E-state index contributed by atoms with van der Waals surface area (Å²) >= 11 is 0. The molecule has 0 bridgehead atoms. The predicted molar refractivity (Wildman–Crippen MR) is 128 cm³/mol. The molecule has 2 aromatic carbocycles. The average Bonchev–Trinajstić information content (AvgIpc) is 3.55. The summed E-state index contributed by atoms with van der Waals surface area (Å²) in [6.45, 7) is -0.324. The summed E-state index contributed by atoms with van der Waals surface area (Å²) in [5, 5.41) is 15.5. The van der Waals surface area contributed by atoms with Crippen LogP contribution in [-0.2, 0) is 13.6 Å². The number of likely N-dealkylation sites (tertiary alicyclic amines) is 1. The third-order valence-electron chi connectivity index (χ3n) is 7.09. The minimum Gasteiger partial charge on any atom is -0.315 e. The van der Waals surface area contributed by atoms with E-state index < -0.39 is 18.8 Å². The second-order valence-corrected chi connectivity index (χ2v) is 9.42. The van der Waals surface area contributed by atoms with E-state index in [9.17, 15) is 18.0 Å². The minimum atomic E-state index is -4.30. The van der Waals surface area contributed by atoms with Crippen LogP contribution in [0.25, 0.3) is 22.3 Å². The molecule has 2 aliphatic heterocycles. The van der Waals surface area contributed by atoms with Gasteiger partial charge >= 0.3 is 12.2 Å². The zero-order chi connectivity index (χ0) is 25.0. The van der Waals surface area contributed by atoms with E-state index in [1.54, 1.807) is 15.8 Å². The topological polar surface area (TPSA) is 82.1 Å². The molecule has 186 valence electrons. The normalized spacial score (nSPS) is 20.7. The van der Waals surface area contributed by atoms with Crippen molar-refractivity contribution in [1.82, 2.24) is 29.8 Å². The van der Waals surface area contributed by atoms with Crippen LogP contribution >= 0.6 is 0 Å². The van der Waals surface area contributed by atoms with Crippen LogP contribution in [0.2, 0.25) is 0 Å². The minimum absolute atomic E-state index is 0.149. The number of amides is 2. The van der Waals surface area contributed by atoms with Crippen molar-refractivity contribution < 1.29 is 18.0 Å². The van der Waals surface area contributed by atoms with Gasteiger partial charge in [0.05, 0.1) is 23.8 Å². The van der Waals surface area contributed by atoms with E-state index in [0.29, 0.717) is 12.2 Å². The summed E-state index contributed by atoms with van der Waals surface area (Å²) in [4.78, 5) is 16.3. The highest BCUT2D eigenvalue weighted by Crippen LogP contribution is 2.38. The van der Waals surface area contributed by atoms with Crippen LogP contribution < -0.4 is 5.32 Å². The first kappa shape index (κ1) is 22.6. The predicted octanol–water partition coefficient (Wildman–Crippen LogP) is 4.34. The van der Waals surface area contributed by atoms with Crippen molar-refractivity contribution in [2.45, 2.75) is 24.7 Å². The van der Waals surface area contributed by atoms with E-state index in [-0.39, 0.29) is 25.0 Å². The lowest BCUT2D eigenvalue weighted by Gasteiger charge is -2.36. The van der Waals surface area contributed by atoms with Crippen LogP contribution in [0.3, 0.4) is 0 Å². The number of nitrogens with zero attached hydrogens (tertiary/aromatic N) is 5. The van der Waals surface area contributed by atoms with Crippen LogP contribution in [0.5, 0.6) is 0 Å². The molecule has 4 aromatic rings. The van der Waals surface area contributed by atoms with Gasteiger partial charge in [0.15, 0.2) is 0 Å². The number of H-pyrrole nitrogens is 1. The number of carbonyl (C=O) groups is 1. The van der Waals surface area contributed by atoms with Gasteiger partial charge < -0.3 is 10.2 Å². The van der Waals surface area contributed by atoms with E-state index in [0.717, 1.165) is 33.4 Å². The Kier molecular flexibility index (Phi) is 5.25. The Morgan fingerprint density at radius 3 is 2.64 bits per heavy atom. The van der Waals surface area contributed by atoms with Crippen molar-refractivity contribution in [3.63, 3.8) is 0 Å². The molecule has 1 unspecified atom stereocenters. The number of aryl methyl sites for hydroxylation is 1. The maximum absolute atomic E-state index is 13.2. The largest absolute Gasteiger partial charge is 0.401 e. The maximum Gasteiger partial charge on any atom is 0.401 e. The van der Waals surface area contributed by atoms with Gasteiger partial charge in [0.2, 0.25) is 0 Å². The van der Waals surface area contributed by atoms with E-state index >= 15 is 0 Å². The summed E-state index contributed by atoms with van der Waals surface area (Å²) in [6.07, 6.45) is -2.60. The van der Waals surface area contributed by atoms with Crippen molar-refractivity contribution >= 4 is 22.6 Å². The van der Waals surface area contributed by atoms with Gasteiger partial charge in [0, 0.05) is 49.9 Å². The second-order valence-electron chi connectivity index (χ2n) is 9.42.